The summed E-state index contributed by atoms with van der Waals surface area (Å²) >= 11 is 0. The van der Waals surface area contributed by atoms with Crippen molar-refractivity contribution in [2.24, 2.45) is 0 Å². The Hall–Kier alpha value is -1.51. The summed E-state index contributed by atoms with van der Waals surface area (Å²) in [6, 6.07) is 6.89. The van der Waals surface area contributed by atoms with Crippen LogP contribution in [-0.2, 0) is 0 Å². The number of rotatable bonds is 4. The Bertz CT molecular complexity index is 470. The van der Waals surface area contributed by atoms with Gasteiger partial charge >= 0.3 is 0 Å². The highest BCUT2D eigenvalue weighted by atomic mass is 16.5. The Balaban J connectivity index is 2.52. The minimum Gasteiger partial charge on any atom is -0.496 e. The van der Waals surface area contributed by atoms with Gasteiger partial charge in [-0.1, -0.05) is 13.0 Å². The van der Waals surface area contributed by atoms with Crippen LogP contribution in [0.25, 0.3) is 0 Å². The first kappa shape index (κ1) is 13.9. The molecule has 1 aromatic rings. The fourth-order valence-corrected chi connectivity index (χ4v) is 3.17. The Morgan fingerprint density at radius 1 is 1.42 bits per heavy atom. The van der Waals surface area contributed by atoms with E-state index in [0.29, 0.717) is 17.8 Å². The minimum atomic E-state index is 0.0707. The standard InChI is InChI=1S/C16H23NO2/c1-5-13-10-9-11(2)17(13)14-7-6-8-15(19-4)16(14)12(3)18/h6-8,11,13H,5,9-10H2,1-4H3. The highest BCUT2D eigenvalue weighted by Gasteiger charge is 2.32. The van der Waals surface area contributed by atoms with Crippen LogP contribution in [0.15, 0.2) is 18.2 Å². The van der Waals surface area contributed by atoms with Crippen molar-refractivity contribution in [1.82, 2.24) is 0 Å². The Morgan fingerprint density at radius 3 is 2.74 bits per heavy atom. The van der Waals surface area contributed by atoms with Gasteiger partial charge in [0.1, 0.15) is 5.75 Å². The smallest absolute Gasteiger partial charge is 0.165 e. The molecule has 2 atom stereocenters. The molecule has 0 N–H and O–H groups in total. The summed E-state index contributed by atoms with van der Waals surface area (Å²) in [5.74, 6) is 0.750. The molecule has 2 unspecified atom stereocenters. The molecule has 1 fully saturated rings. The fraction of sp³-hybridized carbons (Fsp3) is 0.562. The number of anilines is 1. The molecule has 104 valence electrons. The first-order valence-corrected chi connectivity index (χ1v) is 7.06. The summed E-state index contributed by atoms with van der Waals surface area (Å²) in [5.41, 5.74) is 1.75. The Morgan fingerprint density at radius 2 is 2.16 bits per heavy atom. The van der Waals surface area contributed by atoms with Gasteiger partial charge in [0.2, 0.25) is 0 Å². The molecule has 3 heteroatoms. The van der Waals surface area contributed by atoms with E-state index in [0.717, 1.165) is 17.7 Å². The van der Waals surface area contributed by atoms with Crippen molar-refractivity contribution >= 4 is 11.5 Å². The van der Waals surface area contributed by atoms with E-state index in [2.05, 4.69) is 18.7 Å². The monoisotopic (exact) mass is 261 g/mol. The molecule has 0 aromatic heterocycles. The normalized spacial score (nSPS) is 22.6. The molecule has 1 aliphatic heterocycles. The predicted octanol–water partition coefficient (Wildman–Crippen LogP) is 3.67. The van der Waals surface area contributed by atoms with Gasteiger partial charge in [-0.05, 0) is 45.2 Å². The molecule has 0 saturated carbocycles. The van der Waals surface area contributed by atoms with E-state index in [9.17, 15) is 4.79 Å². The summed E-state index contributed by atoms with van der Waals surface area (Å²) in [4.78, 5) is 14.4. The van der Waals surface area contributed by atoms with Crippen molar-refractivity contribution < 1.29 is 9.53 Å². The van der Waals surface area contributed by atoms with Gasteiger partial charge < -0.3 is 9.64 Å². The van der Waals surface area contributed by atoms with Crippen molar-refractivity contribution in [1.29, 1.82) is 0 Å². The number of ketones is 1. The molecule has 1 heterocycles. The number of hydrogen-bond acceptors (Lipinski definition) is 3. The van der Waals surface area contributed by atoms with Crippen LogP contribution >= 0.6 is 0 Å². The Labute approximate surface area is 115 Å². The van der Waals surface area contributed by atoms with E-state index in [1.165, 1.54) is 12.8 Å². The molecule has 0 aliphatic carbocycles. The number of carbonyl (C=O) groups is 1. The second kappa shape index (κ2) is 5.64. The van der Waals surface area contributed by atoms with Crippen molar-refractivity contribution in [2.45, 2.75) is 52.1 Å². The van der Waals surface area contributed by atoms with E-state index < -0.39 is 0 Å². The van der Waals surface area contributed by atoms with E-state index >= 15 is 0 Å². The van der Waals surface area contributed by atoms with Gasteiger partial charge in [-0.3, -0.25) is 4.79 Å². The van der Waals surface area contributed by atoms with Gasteiger partial charge in [-0.25, -0.2) is 0 Å². The molecule has 19 heavy (non-hydrogen) atoms. The van der Waals surface area contributed by atoms with Gasteiger partial charge in [0.05, 0.1) is 18.4 Å². The van der Waals surface area contributed by atoms with Crippen molar-refractivity contribution in [3.05, 3.63) is 23.8 Å². The maximum Gasteiger partial charge on any atom is 0.165 e. The molecule has 3 nitrogen and oxygen atoms in total. The third-order valence-corrected chi connectivity index (χ3v) is 4.11. The second-order valence-electron chi connectivity index (χ2n) is 5.31. The van der Waals surface area contributed by atoms with Gasteiger partial charge in [0, 0.05) is 12.1 Å². The lowest BCUT2D eigenvalue weighted by atomic mass is 10.0. The Kier molecular flexibility index (Phi) is 4.13. The van der Waals surface area contributed by atoms with Crippen molar-refractivity contribution in [3.8, 4) is 5.75 Å². The van der Waals surface area contributed by atoms with Crippen LogP contribution in [0.4, 0.5) is 5.69 Å². The highest BCUT2D eigenvalue weighted by molar-refractivity contribution is 6.02. The lowest BCUT2D eigenvalue weighted by Crippen LogP contribution is -2.35. The second-order valence-corrected chi connectivity index (χ2v) is 5.31. The molecule has 0 spiro atoms. The first-order chi connectivity index (χ1) is 9.10. The van der Waals surface area contributed by atoms with Crippen LogP contribution in [0.5, 0.6) is 5.75 Å². The molecule has 1 aromatic carbocycles. The first-order valence-electron chi connectivity index (χ1n) is 7.06. The van der Waals surface area contributed by atoms with Gasteiger partial charge in [-0.15, -0.1) is 0 Å². The summed E-state index contributed by atoms with van der Waals surface area (Å²) in [6.45, 7) is 6.06. The van der Waals surface area contributed by atoms with Crippen LogP contribution in [0.2, 0.25) is 0 Å². The van der Waals surface area contributed by atoms with Crippen LogP contribution in [-0.4, -0.2) is 25.0 Å². The summed E-state index contributed by atoms with van der Waals surface area (Å²) < 4.78 is 5.36. The van der Waals surface area contributed by atoms with E-state index in [1.54, 1.807) is 14.0 Å². The quantitative estimate of drug-likeness (QED) is 0.775. The number of ether oxygens (including phenoxy) is 1. The molecular formula is C16H23NO2. The largest absolute Gasteiger partial charge is 0.496 e. The molecule has 2 rings (SSSR count). The molecular weight excluding hydrogens is 238 g/mol. The van der Waals surface area contributed by atoms with E-state index in [4.69, 9.17) is 4.74 Å². The minimum absolute atomic E-state index is 0.0707. The van der Waals surface area contributed by atoms with Crippen molar-refractivity contribution in [2.75, 3.05) is 12.0 Å². The zero-order valence-electron chi connectivity index (χ0n) is 12.3. The number of hydrogen-bond donors (Lipinski definition) is 0. The van der Waals surface area contributed by atoms with Gasteiger partial charge in [-0.2, -0.15) is 0 Å². The predicted molar refractivity (Wildman–Crippen MR) is 78.3 cm³/mol. The van der Waals surface area contributed by atoms with Crippen LogP contribution in [0.3, 0.4) is 0 Å². The maximum atomic E-state index is 12.0. The fourth-order valence-electron chi connectivity index (χ4n) is 3.17. The third-order valence-electron chi connectivity index (χ3n) is 4.11. The zero-order chi connectivity index (χ0) is 14.0. The van der Waals surface area contributed by atoms with Crippen molar-refractivity contribution in [3.63, 3.8) is 0 Å². The number of methoxy groups -OCH3 is 1. The lowest BCUT2D eigenvalue weighted by Gasteiger charge is -2.32. The molecule has 0 bridgehead atoms. The average Bonchev–Trinajstić information content (AvgIpc) is 2.78. The number of nitrogens with zero attached hydrogens (tertiary/aromatic N) is 1. The number of Topliss-reactive ketones (excluding diaryl/α,β-unsaturated/α-hetero) is 1. The summed E-state index contributed by atoms with van der Waals surface area (Å²) in [7, 11) is 1.62. The van der Waals surface area contributed by atoms with Crippen LogP contribution < -0.4 is 9.64 Å². The van der Waals surface area contributed by atoms with E-state index in [1.807, 2.05) is 18.2 Å². The summed E-state index contributed by atoms with van der Waals surface area (Å²) in [6.07, 6.45) is 3.50. The SMILES string of the molecule is CCC1CCC(C)N1c1cccc(OC)c1C(C)=O. The summed E-state index contributed by atoms with van der Waals surface area (Å²) in [5, 5.41) is 0. The average molecular weight is 261 g/mol. The molecule has 1 aliphatic rings. The van der Waals surface area contributed by atoms with Gasteiger partial charge in [0.15, 0.2) is 5.78 Å². The zero-order valence-corrected chi connectivity index (χ0v) is 12.3. The topological polar surface area (TPSA) is 29.5 Å². The van der Waals surface area contributed by atoms with Crippen LogP contribution in [0, 0.1) is 0 Å². The maximum absolute atomic E-state index is 12.0. The van der Waals surface area contributed by atoms with Gasteiger partial charge in [0.25, 0.3) is 0 Å². The van der Waals surface area contributed by atoms with E-state index in [-0.39, 0.29) is 5.78 Å². The number of benzene rings is 1. The molecule has 0 radical (unpaired) electrons. The number of carbonyl (C=O) groups excluding carboxylic acids is 1. The third kappa shape index (κ3) is 2.46. The lowest BCUT2D eigenvalue weighted by molar-refractivity contribution is 0.101. The highest BCUT2D eigenvalue weighted by Crippen LogP contribution is 2.37. The van der Waals surface area contributed by atoms with Crippen LogP contribution in [0.1, 0.15) is 50.4 Å². The molecule has 1 saturated heterocycles. The molecule has 0 amide bonds.